The van der Waals surface area contributed by atoms with Crippen LogP contribution in [0.2, 0.25) is 0 Å². The number of nitrogen functional groups attached to an aromatic ring is 1. The number of rotatable bonds is 2. The fourth-order valence-electron chi connectivity index (χ4n) is 1.51. The van der Waals surface area contributed by atoms with Gasteiger partial charge < -0.3 is 5.73 Å². The molecule has 84 valence electrons. The normalized spacial score (nSPS) is 9.88. The Morgan fingerprint density at radius 1 is 1.12 bits per heavy atom. The topological polar surface area (TPSA) is 49.8 Å². The van der Waals surface area contributed by atoms with Gasteiger partial charge in [-0.25, -0.2) is 0 Å². The third kappa shape index (κ3) is 2.61. The molecule has 0 aliphatic rings. The van der Waals surface area contributed by atoms with Crippen molar-refractivity contribution in [2.75, 3.05) is 5.73 Å². The summed E-state index contributed by atoms with van der Waals surface area (Å²) in [7, 11) is 0. The molecule has 0 aliphatic carbocycles. The molecule has 2 aromatic rings. The molecule has 0 radical (unpaired) electrons. The van der Waals surface area contributed by atoms with E-state index in [1.54, 1.807) is 17.8 Å². The van der Waals surface area contributed by atoms with Gasteiger partial charge in [0.2, 0.25) is 0 Å². The second-order valence-electron chi connectivity index (χ2n) is 3.73. The Bertz CT molecular complexity index is 585. The maximum atomic E-state index is 9.07. The van der Waals surface area contributed by atoms with E-state index in [4.69, 9.17) is 11.0 Å². The van der Waals surface area contributed by atoms with Crippen molar-refractivity contribution in [3.05, 3.63) is 53.6 Å². The first-order valence-corrected chi connectivity index (χ1v) is 6.05. The van der Waals surface area contributed by atoms with Crippen LogP contribution >= 0.6 is 11.8 Å². The van der Waals surface area contributed by atoms with Gasteiger partial charge in [-0.05, 0) is 36.8 Å². The van der Waals surface area contributed by atoms with Crippen molar-refractivity contribution < 1.29 is 0 Å². The van der Waals surface area contributed by atoms with Crippen LogP contribution in [0.15, 0.2) is 52.3 Å². The van der Waals surface area contributed by atoms with Gasteiger partial charge in [0.05, 0.1) is 5.56 Å². The third-order valence-corrected chi connectivity index (χ3v) is 3.69. The predicted octanol–water partition coefficient (Wildman–Crippen LogP) is 3.60. The summed E-state index contributed by atoms with van der Waals surface area (Å²) in [5.41, 5.74) is 8.12. The van der Waals surface area contributed by atoms with Crippen molar-refractivity contribution in [3.63, 3.8) is 0 Å². The van der Waals surface area contributed by atoms with Gasteiger partial charge in [0.1, 0.15) is 6.07 Å². The highest BCUT2D eigenvalue weighted by molar-refractivity contribution is 7.99. The maximum absolute atomic E-state index is 9.07. The lowest BCUT2D eigenvalue weighted by Crippen LogP contribution is -1.88. The van der Waals surface area contributed by atoms with E-state index in [2.05, 4.69) is 25.1 Å². The van der Waals surface area contributed by atoms with Gasteiger partial charge in [-0.3, -0.25) is 0 Å². The van der Waals surface area contributed by atoms with Crippen LogP contribution < -0.4 is 5.73 Å². The number of hydrogen-bond donors (Lipinski definition) is 1. The Morgan fingerprint density at radius 3 is 2.59 bits per heavy atom. The Morgan fingerprint density at radius 2 is 1.88 bits per heavy atom. The molecule has 0 fully saturated rings. The zero-order valence-electron chi connectivity index (χ0n) is 9.47. The van der Waals surface area contributed by atoms with Crippen LogP contribution in [0.4, 0.5) is 5.69 Å². The van der Waals surface area contributed by atoms with E-state index < -0.39 is 0 Å². The highest BCUT2D eigenvalue weighted by Gasteiger charge is 2.06. The zero-order valence-corrected chi connectivity index (χ0v) is 10.3. The van der Waals surface area contributed by atoms with Crippen LogP contribution in [0.1, 0.15) is 11.1 Å². The summed E-state index contributed by atoms with van der Waals surface area (Å²) in [4.78, 5) is 2.10. The van der Waals surface area contributed by atoms with Crippen LogP contribution in [0.25, 0.3) is 0 Å². The molecule has 17 heavy (non-hydrogen) atoms. The lowest BCUT2D eigenvalue weighted by molar-refractivity contribution is 1.28. The van der Waals surface area contributed by atoms with Gasteiger partial charge in [0.25, 0.3) is 0 Å². The molecule has 2 rings (SSSR count). The average molecular weight is 240 g/mol. The van der Waals surface area contributed by atoms with E-state index in [1.807, 2.05) is 24.3 Å². The molecule has 0 heterocycles. The summed E-state index contributed by atoms with van der Waals surface area (Å²) in [5, 5.41) is 9.07. The monoisotopic (exact) mass is 240 g/mol. The molecule has 0 bridgehead atoms. The van der Waals surface area contributed by atoms with E-state index in [0.717, 1.165) is 9.79 Å². The minimum absolute atomic E-state index is 0.621. The number of benzene rings is 2. The number of nitrogens with zero attached hydrogens (tertiary/aromatic N) is 1. The summed E-state index contributed by atoms with van der Waals surface area (Å²) >= 11 is 1.60. The molecule has 2 N–H and O–H groups in total. The molecular weight excluding hydrogens is 228 g/mol. The second-order valence-corrected chi connectivity index (χ2v) is 4.82. The smallest absolute Gasteiger partial charge is 0.100 e. The minimum atomic E-state index is 0.621. The minimum Gasteiger partial charge on any atom is -0.399 e. The predicted molar refractivity (Wildman–Crippen MR) is 70.9 cm³/mol. The average Bonchev–Trinajstić information content (AvgIpc) is 2.34. The molecule has 0 saturated carbocycles. The molecule has 3 heteroatoms. The van der Waals surface area contributed by atoms with Crippen LogP contribution in [0.5, 0.6) is 0 Å². The van der Waals surface area contributed by atoms with E-state index in [9.17, 15) is 0 Å². The quantitative estimate of drug-likeness (QED) is 0.816. The van der Waals surface area contributed by atoms with E-state index in [1.165, 1.54) is 5.56 Å². The van der Waals surface area contributed by atoms with E-state index in [-0.39, 0.29) is 0 Å². The second kappa shape index (κ2) is 4.94. The fraction of sp³-hybridized carbons (Fsp3) is 0.0714. The first kappa shape index (κ1) is 11.6. The van der Waals surface area contributed by atoms with Gasteiger partial charge in [-0.1, -0.05) is 30.0 Å². The summed E-state index contributed by atoms with van der Waals surface area (Å²) < 4.78 is 0. The summed E-state index contributed by atoms with van der Waals surface area (Å²) in [5.74, 6) is 0. The number of aryl methyl sites for hydroxylation is 1. The van der Waals surface area contributed by atoms with Gasteiger partial charge in [0.15, 0.2) is 0 Å². The van der Waals surface area contributed by atoms with Gasteiger partial charge >= 0.3 is 0 Å². The number of nitrogens with two attached hydrogens (primary N) is 1. The summed E-state index contributed by atoms with van der Waals surface area (Å²) in [6.45, 7) is 2.06. The van der Waals surface area contributed by atoms with Crippen LogP contribution in [-0.2, 0) is 0 Å². The molecule has 0 aromatic heterocycles. The first-order chi connectivity index (χ1) is 8.20. The number of nitriles is 1. The number of hydrogen-bond acceptors (Lipinski definition) is 3. The van der Waals surface area contributed by atoms with Crippen LogP contribution in [-0.4, -0.2) is 0 Å². The number of anilines is 1. The zero-order chi connectivity index (χ0) is 12.3. The van der Waals surface area contributed by atoms with E-state index >= 15 is 0 Å². The molecule has 0 atom stereocenters. The van der Waals surface area contributed by atoms with Crippen LogP contribution in [0, 0.1) is 18.3 Å². The molecule has 0 saturated heterocycles. The fourth-order valence-corrected chi connectivity index (χ4v) is 2.48. The summed E-state index contributed by atoms with van der Waals surface area (Å²) in [6.07, 6.45) is 0. The van der Waals surface area contributed by atoms with Gasteiger partial charge in [-0.2, -0.15) is 5.26 Å². The Kier molecular flexibility index (Phi) is 3.36. The van der Waals surface area contributed by atoms with Gasteiger partial charge in [-0.15, -0.1) is 0 Å². The molecule has 2 nitrogen and oxygen atoms in total. The van der Waals surface area contributed by atoms with Crippen molar-refractivity contribution in [1.29, 1.82) is 5.26 Å². The Hall–Kier alpha value is -1.92. The van der Waals surface area contributed by atoms with Crippen molar-refractivity contribution in [3.8, 4) is 6.07 Å². The lowest BCUT2D eigenvalue weighted by atomic mass is 10.2. The molecular formula is C14H12N2S. The van der Waals surface area contributed by atoms with Crippen molar-refractivity contribution in [2.24, 2.45) is 0 Å². The highest BCUT2D eigenvalue weighted by atomic mass is 32.2. The van der Waals surface area contributed by atoms with Crippen molar-refractivity contribution >= 4 is 17.4 Å². The molecule has 0 aliphatic heterocycles. The lowest BCUT2D eigenvalue weighted by Gasteiger charge is -2.07. The first-order valence-electron chi connectivity index (χ1n) is 5.24. The molecule has 0 unspecified atom stereocenters. The highest BCUT2D eigenvalue weighted by Crippen LogP contribution is 2.32. The standard InChI is InChI=1S/C14H12N2S/c1-10-4-2-3-5-13(10)17-14-7-6-12(16)8-11(14)9-15/h2-8H,16H2,1H3. The molecule has 0 amide bonds. The largest absolute Gasteiger partial charge is 0.399 e. The van der Waals surface area contributed by atoms with Crippen molar-refractivity contribution in [2.45, 2.75) is 16.7 Å². The maximum Gasteiger partial charge on any atom is 0.100 e. The molecule has 2 aromatic carbocycles. The van der Waals surface area contributed by atoms with Crippen LogP contribution in [0.3, 0.4) is 0 Å². The van der Waals surface area contributed by atoms with Crippen molar-refractivity contribution in [1.82, 2.24) is 0 Å². The SMILES string of the molecule is Cc1ccccc1Sc1ccc(N)cc1C#N. The Balaban J connectivity index is 2.37. The molecule has 0 spiro atoms. The Labute approximate surface area is 105 Å². The third-order valence-electron chi connectivity index (χ3n) is 2.44. The van der Waals surface area contributed by atoms with Gasteiger partial charge in [0, 0.05) is 15.5 Å². The summed E-state index contributed by atoms with van der Waals surface area (Å²) in [6, 6.07) is 15.7. The van der Waals surface area contributed by atoms with E-state index in [0.29, 0.717) is 11.3 Å².